The highest BCUT2D eigenvalue weighted by molar-refractivity contribution is 7.75. The van der Waals surface area contributed by atoms with Crippen LogP contribution in [0.2, 0.25) is 0 Å². The highest BCUT2D eigenvalue weighted by Crippen LogP contribution is 2.58. The molecule has 0 amide bonds. The number of hydrogen-bond acceptors (Lipinski definition) is 3. The molecule has 0 aliphatic carbocycles. The number of rotatable bonds is 1. The van der Waals surface area contributed by atoms with Gasteiger partial charge in [-0.05, 0) is 5.82 Å². The summed E-state index contributed by atoms with van der Waals surface area (Å²) in [5.74, 6) is 1.86. The van der Waals surface area contributed by atoms with Crippen molar-refractivity contribution in [2.24, 2.45) is 10.2 Å². The molecule has 3 nitrogen and oxygen atoms in total. The predicted molar refractivity (Wildman–Crippen MR) is 60.1 cm³/mol. The van der Waals surface area contributed by atoms with Gasteiger partial charge in [-0.15, -0.1) is 0 Å². The molecule has 0 spiro atoms. The molecule has 2 heterocycles. The molecule has 2 aliphatic heterocycles. The highest BCUT2D eigenvalue weighted by atomic mass is 31.2. The van der Waals surface area contributed by atoms with Crippen LogP contribution < -0.4 is 5.30 Å². The van der Waals surface area contributed by atoms with Gasteiger partial charge >= 0.3 is 0 Å². The van der Waals surface area contributed by atoms with Gasteiger partial charge in [-0.3, -0.25) is 0 Å². The molecule has 2 aliphatic rings. The molecule has 0 radical (unpaired) electrons. The van der Waals surface area contributed by atoms with Gasteiger partial charge in [0.25, 0.3) is 0 Å². The maximum absolute atomic E-state index is 12.8. The Morgan fingerprint density at radius 3 is 2.87 bits per heavy atom. The van der Waals surface area contributed by atoms with E-state index in [1.807, 2.05) is 42.2 Å². The molecule has 0 saturated carbocycles. The summed E-state index contributed by atoms with van der Waals surface area (Å²) in [6.07, 6.45) is 1.94. The Hall–Kier alpha value is -1.21. The van der Waals surface area contributed by atoms with Crippen LogP contribution in [0.4, 0.5) is 0 Å². The molecule has 0 aromatic heterocycles. The van der Waals surface area contributed by atoms with Gasteiger partial charge in [0.05, 0.1) is 12.2 Å². The Morgan fingerprint density at radius 1 is 1.27 bits per heavy atom. The van der Waals surface area contributed by atoms with E-state index in [0.29, 0.717) is 6.54 Å². The minimum atomic E-state index is -2.39. The Balaban J connectivity index is 2.07. The topological polar surface area (TPSA) is 41.8 Å². The zero-order valence-corrected chi connectivity index (χ0v) is 9.05. The van der Waals surface area contributed by atoms with Crippen LogP contribution in [0, 0.1) is 0 Å². The molecule has 0 fully saturated rings. The van der Waals surface area contributed by atoms with Crippen molar-refractivity contribution < 1.29 is 4.57 Å². The standard InChI is InChI=1S/C11H11N2OP/c14-15(9-4-2-1-3-5-9)7-6-10-11(15)8-12-13-10/h1-7,10-11H,8H2/t10-,11-,15-/m1/s1. The smallest absolute Gasteiger partial charge is 0.143 e. The van der Waals surface area contributed by atoms with E-state index in [1.54, 1.807) is 0 Å². The van der Waals surface area contributed by atoms with Crippen molar-refractivity contribution >= 4 is 12.4 Å². The van der Waals surface area contributed by atoms with Gasteiger partial charge in [0.1, 0.15) is 13.2 Å². The summed E-state index contributed by atoms with van der Waals surface area (Å²) in [4.78, 5) is 0. The summed E-state index contributed by atoms with van der Waals surface area (Å²) in [6, 6.07) is 9.73. The van der Waals surface area contributed by atoms with Crippen LogP contribution in [-0.4, -0.2) is 18.2 Å². The molecular formula is C11H11N2OP. The molecule has 1 aromatic rings. The van der Waals surface area contributed by atoms with E-state index in [2.05, 4.69) is 10.2 Å². The van der Waals surface area contributed by atoms with Crippen LogP contribution in [0.5, 0.6) is 0 Å². The summed E-state index contributed by atoms with van der Waals surface area (Å²) in [5, 5.41) is 9.01. The van der Waals surface area contributed by atoms with E-state index in [9.17, 15) is 4.57 Å². The lowest BCUT2D eigenvalue weighted by atomic mass is 10.2. The maximum atomic E-state index is 12.8. The lowest BCUT2D eigenvalue weighted by Crippen LogP contribution is -2.21. The second kappa shape index (κ2) is 3.14. The van der Waals surface area contributed by atoms with Gasteiger partial charge in [0.2, 0.25) is 0 Å². The molecule has 0 unspecified atom stereocenters. The number of azo groups is 1. The fraction of sp³-hybridized carbons (Fsp3) is 0.273. The summed E-state index contributed by atoms with van der Waals surface area (Å²) >= 11 is 0. The van der Waals surface area contributed by atoms with Gasteiger partial charge in [-0.2, -0.15) is 10.2 Å². The summed E-state index contributed by atoms with van der Waals surface area (Å²) in [6.45, 7) is 0.601. The van der Waals surface area contributed by atoms with E-state index >= 15 is 0 Å². The Kier molecular flexibility index (Phi) is 1.89. The van der Waals surface area contributed by atoms with Crippen molar-refractivity contribution in [1.29, 1.82) is 0 Å². The summed E-state index contributed by atoms with van der Waals surface area (Å²) in [5.41, 5.74) is 0.0832. The maximum Gasteiger partial charge on any atom is 0.143 e. The zero-order valence-electron chi connectivity index (χ0n) is 8.15. The van der Waals surface area contributed by atoms with E-state index in [1.165, 1.54) is 0 Å². The van der Waals surface area contributed by atoms with E-state index in [0.717, 1.165) is 5.30 Å². The van der Waals surface area contributed by atoms with Crippen LogP contribution in [0.1, 0.15) is 0 Å². The number of benzene rings is 1. The van der Waals surface area contributed by atoms with Crippen molar-refractivity contribution in [2.75, 3.05) is 6.54 Å². The van der Waals surface area contributed by atoms with E-state index in [4.69, 9.17) is 0 Å². The first kappa shape index (κ1) is 9.05. The Labute approximate surface area is 88.3 Å². The second-order valence-electron chi connectivity index (χ2n) is 3.88. The first-order valence-electron chi connectivity index (χ1n) is 5.02. The van der Waals surface area contributed by atoms with E-state index in [-0.39, 0.29) is 11.7 Å². The first-order valence-corrected chi connectivity index (χ1v) is 6.86. The van der Waals surface area contributed by atoms with Crippen molar-refractivity contribution in [3.8, 4) is 0 Å². The third kappa shape index (κ3) is 1.23. The summed E-state index contributed by atoms with van der Waals surface area (Å²) < 4.78 is 12.8. The quantitative estimate of drug-likeness (QED) is 0.667. The molecule has 0 bridgehead atoms. The first-order chi connectivity index (χ1) is 7.31. The van der Waals surface area contributed by atoms with Crippen molar-refractivity contribution in [3.05, 3.63) is 42.2 Å². The zero-order chi connectivity index (χ0) is 10.3. The van der Waals surface area contributed by atoms with Gasteiger partial charge in [-0.25, -0.2) is 0 Å². The van der Waals surface area contributed by atoms with Crippen LogP contribution >= 0.6 is 7.14 Å². The largest absolute Gasteiger partial charge is 0.314 e. The van der Waals surface area contributed by atoms with E-state index < -0.39 is 7.14 Å². The fourth-order valence-electron chi connectivity index (χ4n) is 2.19. The van der Waals surface area contributed by atoms with Gasteiger partial charge < -0.3 is 4.57 Å². The second-order valence-corrected chi connectivity index (χ2v) is 6.78. The SMILES string of the molecule is O=[P@@]1(c2ccccc2)C=C[C@H]2N=NC[C@H]21. The Bertz CT molecular complexity index is 481. The monoisotopic (exact) mass is 218 g/mol. The van der Waals surface area contributed by atoms with Gasteiger partial charge in [0.15, 0.2) is 0 Å². The van der Waals surface area contributed by atoms with Crippen LogP contribution in [-0.2, 0) is 4.57 Å². The normalized spacial score (nSPS) is 37.1. The highest BCUT2D eigenvalue weighted by Gasteiger charge is 2.44. The molecule has 4 heteroatoms. The molecule has 1 aromatic carbocycles. The average molecular weight is 218 g/mol. The molecule has 3 atom stereocenters. The third-order valence-electron chi connectivity index (χ3n) is 3.04. The number of nitrogens with zero attached hydrogens (tertiary/aromatic N) is 2. The van der Waals surface area contributed by atoms with Crippen molar-refractivity contribution in [1.82, 2.24) is 0 Å². The van der Waals surface area contributed by atoms with Crippen molar-refractivity contribution in [2.45, 2.75) is 11.7 Å². The molecule has 15 heavy (non-hydrogen) atoms. The molecule has 0 N–H and O–H groups in total. The van der Waals surface area contributed by atoms with Crippen LogP contribution in [0.3, 0.4) is 0 Å². The van der Waals surface area contributed by atoms with Crippen molar-refractivity contribution in [3.63, 3.8) is 0 Å². The fourth-order valence-corrected chi connectivity index (χ4v) is 4.96. The van der Waals surface area contributed by atoms with Crippen LogP contribution in [0.15, 0.2) is 52.5 Å². The molecule has 3 rings (SSSR count). The lowest BCUT2D eigenvalue weighted by molar-refractivity contribution is 0.579. The molecule has 76 valence electrons. The van der Waals surface area contributed by atoms with Gasteiger partial charge in [0, 0.05) is 5.30 Å². The number of fused-ring (bicyclic) bond motifs is 1. The number of hydrogen-bond donors (Lipinski definition) is 0. The Morgan fingerprint density at radius 2 is 2.07 bits per heavy atom. The minimum Gasteiger partial charge on any atom is -0.314 e. The predicted octanol–water partition coefficient (Wildman–Crippen LogP) is 2.41. The molecule has 0 saturated heterocycles. The minimum absolute atomic E-state index is 0.0519. The lowest BCUT2D eigenvalue weighted by Gasteiger charge is -2.17. The molecular weight excluding hydrogens is 207 g/mol. The summed E-state index contributed by atoms with van der Waals surface area (Å²) in [7, 11) is -2.39. The average Bonchev–Trinajstić information content (AvgIpc) is 2.85. The third-order valence-corrected chi connectivity index (χ3v) is 6.21. The van der Waals surface area contributed by atoms with Gasteiger partial charge in [-0.1, -0.05) is 36.4 Å². The van der Waals surface area contributed by atoms with Crippen LogP contribution in [0.25, 0.3) is 0 Å².